The van der Waals surface area contributed by atoms with Crippen molar-refractivity contribution in [3.8, 4) is 0 Å². The molecule has 3 N–H and O–H groups in total. The highest BCUT2D eigenvalue weighted by Gasteiger charge is 2.17. The highest BCUT2D eigenvalue weighted by atomic mass is 16.5. The van der Waals surface area contributed by atoms with E-state index >= 15 is 0 Å². The average Bonchev–Trinajstić information content (AvgIpc) is 2.46. The molecule has 1 aromatic rings. The highest BCUT2D eigenvalue weighted by molar-refractivity contribution is 5.82. The number of ether oxygens (including phenoxy) is 1. The van der Waals surface area contributed by atoms with Crippen molar-refractivity contribution in [1.82, 2.24) is 5.32 Å². The van der Waals surface area contributed by atoms with Crippen LogP contribution in [0.15, 0.2) is 18.2 Å². The van der Waals surface area contributed by atoms with E-state index in [4.69, 9.17) is 10.5 Å². The smallest absolute Gasteiger partial charge is 0.239 e. The predicted molar refractivity (Wildman–Crippen MR) is 79.5 cm³/mol. The van der Waals surface area contributed by atoms with Crippen LogP contribution in [0.1, 0.15) is 42.5 Å². The molecule has 1 aliphatic rings. The van der Waals surface area contributed by atoms with Gasteiger partial charge in [-0.3, -0.25) is 4.79 Å². The van der Waals surface area contributed by atoms with Crippen LogP contribution in [-0.2, 0) is 22.4 Å². The predicted octanol–water partition coefficient (Wildman–Crippen LogP) is 1.72. The Kier molecular flexibility index (Phi) is 5.15. The zero-order valence-electron chi connectivity index (χ0n) is 12.3. The van der Waals surface area contributed by atoms with Crippen molar-refractivity contribution >= 4 is 5.91 Å². The molecule has 0 aliphatic heterocycles. The topological polar surface area (TPSA) is 64.3 Å². The maximum Gasteiger partial charge on any atom is 0.239 e. The summed E-state index contributed by atoms with van der Waals surface area (Å²) in [5, 5.41) is 2.94. The molecule has 4 nitrogen and oxygen atoms in total. The normalized spacial score (nSPS) is 17.1. The summed E-state index contributed by atoms with van der Waals surface area (Å²) in [4.78, 5) is 11.9. The minimum absolute atomic E-state index is 0.0300. The molecule has 0 radical (unpaired) electrons. The van der Waals surface area contributed by atoms with Crippen molar-refractivity contribution in [2.24, 2.45) is 5.73 Å². The molecule has 0 saturated heterocycles. The largest absolute Gasteiger partial charge is 0.383 e. The van der Waals surface area contributed by atoms with E-state index in [0.717, 1.165) is 12.0 Å². The Morgan fingerprint density at radius 3 is 2.75 bits per heavy atom. The molecule has 2 rings (SSSR count). The zero-order valence-corrected chi connectivity index (χ0v) is 12.3. The first-order valence-electron chi connectivity index (χ1n) is 7.28. The van der Waals surface area contributed by atoms with Crippen LogP contribution < -0.4 is 11.1 Å². The third-order valence-corrected chi connectivity index (χ3v) is 3.91. The van der Waals surface area contributed by atoms with Gasteiger partial charge in [0.25, 0.3) is 0 Å². The lowest BCUT2D eigenvalue weighted by atomic mass is 9.89. The summed E-state index contributed by atoms with van der Waals surface area (Å²) in [6.45, 7) is 2.23. The number of methoxy groups -OCH3 is 1. The molecule has 1 aliphatic carbocycles. The van der Waals surface area contributed by atoms with Crippen LogP contribution in [0.3, 0.4) is 0 Å². The number of hydrogen-bond acceptors (Lipinski definition) is 3. The van der Waals surface area contributed by atoms with E-state index in [1.807, 2.05) is 6.92 Å². The van der Waals surface area contributed by atoms with Crippen LogP contribution in [0.5, 0.6) is 0 Å². The van der Waals surface area contributed by atoms with E-state index < -0.39 is 6.04 Å². The van der Waals surface area contributed by atoms with Gasteiger partial charge in [-0.05, 0) is 49.3 Å². The van der Waals surface area contributed by atoms with Gasteiger partial charge in [-0.2, -0.15) is 0 Å². The van der Waals surface area contributed by atoms with E-state index in [1.165, 1.54) is 30.4 Å². The number of aryl methyl sites for hydroxylation is 2. The first kappa shape index (κ1) is 15.0. The lowest BCUT2D eigenvalue weighted by molar-refractivity contribution is -0.124. The Bertz CT molecular complexity index is 474. The van der Waals surface area contributed by atoms with E-state index in [1.54, 1.807) is 7.11 Å². The summed E-state index contributed by atoms with van der Waals surface area (Å²) < 4.78 is 4.90. The van der Waals surface area contributed by atoms with Gasteiger partial charge >= 0.3 is 0 Å². The molecule has 0 aromatic heterocycles. The van der Waals surface area contributed by atoms with Crippen molar-refractivity contribution in [2.75, 3.05) is 13.7 Å². The van der Waals surface area contributed by atoms with E-state index in [9.17, 15) is 4.79 Å². The maximum absolute atomic E-state index is 11.9. The van der Waals surface area contributed by atoms with Crippen LogP contribution in [0, 0.1) is 0 Å². The molecule has 1 amide bonds. The summed E-state index contributed by atoms with van der Waals surface area (Å²) in [5.74, 6) is -0.169. The van der Waals surface area contributed by atoms with Gasteiger partial charge in [0.1, 0.15) is 6.04 Å². The minimum atomic E-state index is -0.611. The third kappa shape index (κ3) is 3.58. The fourth-order valence-electron chi connectivity index (χ4n) is 2.68. The first-order chi connectivity index (χ1) is 9.61. The molecule has 2 unspecified atom stereocenters. The van der Waals surface area contributed by atoms with Crippen molar-refractivity contribution in [1.29, 1.82) is 0 Å². The summed E-state index contributed by atoms with van der Waals surface area (Å²) in [5.41, 5.74) is 9.75. The van der Waals surface area contributed by atoms with Crippen LogP contribution in [0.2, 0.25) is 0 Å². The fraction of sp³-hybridized carbons (Fsp3) is 0.562. The van der Waals surface area contributed by atoms with Gasteiger partial charge in [0.05, 0.1) is 12.6 Å². The molecular formula is C16H24N2O2. The van der Waals surface area contributed by atoms with Crippen LogP contribution in [0.25, 0.3) is 0 Å². The number of benzene rings is 1. The molecule has 20 heavy (non-hydrogen) atoms. The van der Waals surface area contributed by atoms with Gasteiger partial charge in [-0.1, -0.05) is 18.2 Å². The third-order valence-electron chi connectivity index (χ3n) is 3.91. The van der Waals surface area contributed by atoms with Crippen molar-refractivity contribution in [2.45, 2.75) is 44.7 Å². The molecule has 0 spiro atoms. The van der Waals surface area contributed by atoms with Crippen LogP contribution >= 0.6 is 0 Å². The van der Waals surface area contributed by atoms with Gasteiger partial charge in [0, 0.05) is 7.11 Å². The Morgan fingerprint density at radius 2 is 2.05 bits per heavy atom. The summed E-state index contributed by atoms with van der Waals surface area (Å²) in [7, 11) is 1.54. The Balaban J connectivity index is 2.02. The standard InChI is InChI=1S/C16H24N2O2/c1-11(18-16(19)15(17)10-20-2)13-8-7-12-5-3-4-6-14(12)9-13/h7-9,11,15H,3-6,10,17H2,1-2H3,(H,18,19). The van der Waals surface area contributed by atoms with Gasteiger partial charge in [-0.25, -0.2) is 0 Å². The molecule has 2 atom stereocenters. The van der Waals surface area contributed by atoms with E-state index in [0.29, 0.717) is 0 Å². The van der Waals surface area contributed by atoms with Gasteiger partial charge < -0.3 is 15.8 Å². The molecule has 1 aromatic carbocycles. The second-order valence-electron chi connectivity index (χ2n) is 5.53. The number of nitrogens with one attached hydrogen (secondary N) is 1. The number of fused-ring (bicyclic) bond motifs is 1. The lowest BCUT2D eigenvalue weighted by Gasteiger charge is -2.21. The Hall–Kier alpha value is -1.39. The van der Waals surface area contributed by atoms with E-state index in [2.05, 4.69) is 23.5 Å². The zero-order chi connectivity index (χ0) is 14.5. The van der Waals surface area contributed by atoms with Crippen molar-refractivity contribution in [3.63, 3.8) is 0 Å². The van der Waals surface area contributed by atoms with Gasteiger partial charge in [-0.15, -0.1) is 0 Å². The number of hydrogen-bond donors (Lipinski definition) is 2. The Labute approximate surface area is 120 Å². The first-order valence-corrected chi connectivity index (χ1v) is 7.28. The van der Waals surface area contributed by atoms with Crippen LogP contribution in [0.4, 0.5) is 0 Å². The molecule has 0 heterocycles. The second kappa shape index (κ2) is 6.86. The van der Waals surface area contributed by atoms with Crippen molar-refractivity contribution < 1.29 is 9.53 Å². The van der Waals surface area contributed by atoms with Crippen molar-refractivity contribution in [3.05, 3.63) is 34.9 Å². The molecule has 0 bridgehead atoms. The summed E-state index contributed by atoms with van der Waals surface area (Å²) >= 11 is 0. The summed E-state index contributed by atoms with van der Waals surface area (Å²) in [6, 6.07) is 5.89. The van der Waals surface area contributed by atoms with Crippen LogP contribution in [-0.4, -0.2) is 25.7 Å². The average molecular weight is 276 g/mol. The molecule has 0 fully saturated rings. The number of amides is 1. The second-order valence-corrected chi connectivity index (χ2v) is 5.53. The number of carbonyl (C=O) groups excluding carboxylic acids is 1. The fourth-order valence-corrected chi connectivity index (χ4v) is 2.68. The number of nitrogens with two attached hydrogens (primary N) is 1. The van der Waals surface area contributed by atoms with Gasteiger partial charge in [0.15, 0.2) is 0 Å². The minimum Gasteiger partial charge on any atom is -0.383 e. The maximum atomic E-state index is 11.9. The molecule has 110 valence electrons. The summed E-state index contributed by atoms with van der Waals surface area (Å²) in [6.07, 6.45) is 4.86. The molecule has 0 saturated carbocycles. The lowest BCUT2D eigenvalue weighted by Crippen LogP contribution is -2.44. The van der Waals surface area contributed by atoms with Gasteiger partial charge in [0.2, 0.25) is 5.91 Å². The number of carbonyl (C=O) groups is 1. The monoisotopic (exact) mass is 276 g/mol. The molecular weight excluding hydrogens is 252 g/mol. The quantitative estimate of drug-likeness (QED) is 0.860. The molecule has 4 heteroatoms. The SMILES string of the molecule is COCC(N)C(=O)NC(C)c1ccc2c(c1)CCCC2. The van der Waals surface area contributed by atoms with E-state index in [-0.39, 0.29) is 18.6 Å². The number of rotatable bonds is 5. The highest BCUT2D eigenvalue weighted by Crippen LogP contribution is 2.24. The Morgan fingerprint density at radius 1 is 1.35 bits per heavy atom.